The van der Waals surface area contributed by atoms with E-state index in [1.165, 1.54) is 0 Å². The number of anilines is 1. The first kappa shape index (κ1) is 19.7. The van der Waals surface area contributed by atoms with Crippen LogP contribution in [0.15, 0.2) is 75.9 Å². The van der Waals surface area contributed by atoms with E-state index in [0.717, 1.165) is 27.8 Å². The molecule has 166 valence electrons. The molecule has 1 N–H and O–H groups in total. The first-order valence-electron chi connectivity index (χ1n) is 11.0. The fraction of sp³-hybridized carbons (Fsp3) is 0.222. The smallest absolute Gasteiger partial charge is 0.360 e. The standard InChI is InChI=1S/C27H23NO5/c1-30-16-11-12-20-18(13-16)23-22(15-7-4-3-5-8-15)19-14-32-26-17(9-6-10-21(26)31-2)24(19)28-25(23)27(29)33-20/h3-13,19,22,24,28H,14H2,1-2H3/t19-,22-,24+/m0/s1. The highest BCUT2D eigenvalue weighted by molar-refractivity contribution is 5.88. The summed E-state index contributed by atoms with van der Waals surface area (Å²) < 4.78 is 23.0. The van der Waals surface area contributed by atoms with Crippen LogP contribution in [0.1, 0.15) is 28.7 Å². The Labute approximate surface area is 190 Å². The summed E-state index contributed by atoms with van der Waals surface area (Å²) in [6.07, 6.45) is 0. The van der Waals surface area contributed by atoms with Crippen LogP contribution in [0.2, 0.25) is 0 Å². The molecule has 6 heteroatoms. The molecule has 1 aromatic heterocycles. The van der Waals surface area contributed by atoms with E-state index in [9.17, 15) is 4.79 Å². The number of fused-ring (bicyclic) bond motifs is 6. The first-order chi connectivity index (χ1) is 16.2. The molecule has 0 bridgehead atoms. The molecule has 0 aliphatic carbocycles. The van der Waals surface area contributed by atoms with Gasteiger partial charge in [0.2, 0.25) is 0 Å². The molecule has 3 atom stereocenters. The zero-order chi connectivity index (χ0) is 22.5. The van der Waals surface area contributed by atoms with Gasteiger partial charge in [-0.05, 0) is 29.8 Å². The normalized spacial score (nSPS) is 20.6. The van der Waals surface area contributed by atoms with Crippen LogP contribution in [-0.2, 0) is 0 Å². The van der Waals surface area contributed by atoms with Crippen LogP contribution in [0.5, 0.6) is 17.2 Å². The highest BCUT2D eigenvalue weighted by Crippen LogP contribution is 2.54. The third-order valence-electron chi connectivity index (χ3n) is 6.76. The summed E-state index contributed by atoms with van der Waals surface area (Å²) in [5.41, 5.74) is 3.67. The molecule has 2 aliphatic heterocycles. The molecule has 3 aromatic carbocycles. The molecule has 33 heavy (non-hydrogen) atoms. The monoisotopic (exact) mass is 441 g/mol. The molecule has 6 rings (SSSR count). The van der Waals surface area contributed by atoms with Crippen molar-refractivity contribution in [2.75, 3.05) is 26.1 Å². The van der Waals surface area contributed by atoms with Gasteiger partial charge in [0.1, 0.15) is 17.0 Å². The minimum Gasteiger partial charge on any atom is -0.497 e. The predicted molar refractivity (Wildman–Crippen MR) is 126 cm³/mol. The number of benzene rings is 3. The third-order valence-corrected chi connectivity index (χ3v) is 6.76. The van der Waals surface area contributed by atoms with Crippen LogP contribution in [-0.4, -0.2) is 20.8 Å². The fourth-order valence-corrected chi connectivity index (χ4v) is 5.31. The maximum absolute atomic E-state index is 13.2. The van der Waals surface area contributed by atoms with E-state index in [-0.39, 0.29) is 23.5 Å². The minimum atomic E-state index is -0.377. The van der Waals surface area contributed by atoms with E-state index in [1.54, 1.807) is 26.4 Å². The van der Waals surface area contributed by atoms with E-state index >= 15 is 0 Å². The number of hydrogen-bond acceptors (Lipinski definition) is 6. The molecule has 0 saturated carbocycles. The van der Waals surface area contributed by atoms with Crippen LogP contribution >= 0.6 is 0 Å². The molecule has 0 unspecified atom stereocenters. The Morgan fingerprint density at radius 2 is 1.82 bits per heavy atom. The number of nitrogens with one attached hydrogen (secondary N) is 1. The van der Waals surface area contributed by atoms with Crippen molar-refractivity contribution in [3.05, 3.63) is 93.8 Å². The zero-order valence-corrected chi connectivity index (χ0v) is 18.3. The van der Waals surface area contributed by atoms with Crippen molar-refractivity contribution in [2.45, 2.75) is 12.0 Å². The van der Waals surface area contributed by atoms with Gasteiger partial charge in [-0.15, -0.1) is 0 Å². The van der Waals surface area contributed by atoms with Crippen molar-refractivity contribution in [3.63, 3.8) is 0 Å². The summed E-state index contributed by atoms with van der Waals surface area (Å²) in [4.78, 5) is 13.2. The molecular weight excluding hydrogens is 418 g/mol. The Balaban J connectivity index is 1.65. The van der Waals surface area contributed by atoms with Crippen LogP contribution < -0.4 is 25.2 Å². The van der Waals surface area contributed by atoms with E-state index < -0.39 is 0 Å². The molecule has 4 aromatic rings. The van der Waals surface area contributed by atoms with Gasteiger partial charge in [0.25, 0.3) is 0 Å². The molecular formula is C27H23NO5. The summed E-state index contributed by atoms with van der Waals surface area (Å²) >= 11 is 0. The lowest BCUT2D eigenvalue weighted by atomic mass is 9.71. The minimum absolute atomic E-state index is 0.0516. The second-order valence-electron chi connectivity index (χ2n) is 8.40. The van der Waals surface area contributed by atoms with E-state index in [2.05, 4.69) is 17.4 Å². The molecule has 0 spiro atoms. The summed E-state index contributed by atoms with van der Waals surface area (Å²) in [6.45, 7) is 0.482. The number of ether oxygens (including phenoxy) is 3. The van der Waals surface area contributed by atoms with Gasteiger partial charge in [0.15, 0.2) is 11.5 Å². The van der Waals surface area contributed by atoms with Crippen LogP contribution in [0.4, 0.5) is 5.69 Å². The maximum Gasteiger partial charge on any atom is 0.360 e. The van der Waals surface area contributed by atoms with Gasteiger partial charge >= 0.3 is 5.63 Å². The van der Waals surface area contributed by atoms with Gasteiger partial charge in [-0.2, -0.15) is 0 Å². The molecule has 0 amide bonds. The van der Waals surface area contributed by atoms with E-state index in [0.29, 0.717) is 29.4 Å². The molecule has 3 heterocycles. The quantitative estimate of drug-likeness (QED) is 0.445. The van der Waals surface area contributed by atoms with Gasteiger partial charge in [-0.25, -0.2) is 4.79 Å². The molecule has 0 saturated heterocycles. The number of hydrogen-bond donors (Lipinski definition) is 1. The highest BCUT2D eigenvalue weighted by atomic mass is 16.5. The second-order valence-corrected chi connectivity index (χ2v) is 8.40. The number of rotatable bonds is 3. The van der Waals surface area contributed by atoms with Crippen molar-refractivity contribution < 1.29 is 18.6 Å². The average molecular weight is 441 g/mol. The van der Waals surface area contributed by atoms with Crippen LogP contribution in [0.25, 0.3) is 11.0 Å². The SMILES string of the molecule is COc1ccc2oc(=O)c3c(c2c1)[C@@H](c1ccccc1)[C@@H]1COc2c(OC)cccc2[C@H]1N3. The van der Waals surface area contributed by atoms with Crippen LogP contribution in [0.3, 0.4) is 0 Å². The van der Waals surface area contributed by atoms with Gasteiger partial charge in [-0.1, -0.05) is 42.5 Å². The third kappa shape index (κ3) is 2.98. The van der Waals surface area contributed by atoms with E-state index in [1.807, 2.05) is 42.5 Å². The van der Waals surface area contributed by atoms with Gasteiger partial charge in [0, 0.05) is 28.3 Å². The largest absolute Gasteiger partial charge is 0.497 e. The Bertz CT molecular complexity index is 1410. The molecule has 6 nitrogen and oxygen atoms in total. The zero-order valence-electron chi connectivity index (χ0n) is 18.3. The summed E-state index contributed by atoms with van der Waals surface area (Å²) in [5.74, 6) is 2.09. The average Bonchev–Trinajstić information content (AvgIpc) is 2.87. The molecule has 2 aliphatic rings. The lowest BCUT2D eigenvalue weighted by molar-refractivity contribution is 0.176. The molecule has 0 radical (unpaired) electrons. The van der Waals surface area contributed by atoms with Gasteiger partial charge in [-0.3, -0.25) is 0 Å². The Morgan fingerprint density at radius 3 is 2.61 bits per heavy atom. The lowest BCUT2D eigenvalue weighted by Gasteiger charge is -2.44. The van der Waals surface area contributed by atoms with Crippen molar-refractivity contribution in [3.8, 4) is 17.2 Å². The topological polar surface area (TPSA) is 69.9 Å². The summed E-state index contributed by atoms with van der Waals surface area (Å²) in [5, 5.41) is 4.38. The summed E-state index contributed by atoms with van der Waals surface area (Å²) in [6, 6.07) is 21.6. The predicted octanol–water partition coefficient (Wildman–Crippen LogP) is 5.12. The van der Waals surface area contributed by atoms with E-state index in [4.69, 9.17) is 18.6 Å². The Kier molecular flexibility index (Phi) is 4.54. The van der Waals surface area contributed by atoms with Crippen molar-refractivity contribution in [2.24, 2.45) is 5.92 Å². The lowest BCUT2D eigenvalue weighted by Crippen LogP contribution is -2.40. The van der Waals surface area contributed by atoms with Crippen molar-refractivity contribution in [1.82, 2.24) is 0 Å². The maximum atomic E-state index is 13.2. The summed E-state index contributed by atoms with van der Waals surface area (Å²) in [7, 11) is 3.27. The first-order valence-corrected chi connectivity index (χ1v) is 11.0. The van der Waals surface area contributed by atoms with Crippen molar-refractivity contribution >= 4 is 16.7 Å². The Hall–Kier alpha value is -3.93. The highest BCUT2D eigenvalue weighted by Gasteiger charge is 2.45. The van der Waals surface area contributed by atoms with Crippen molar-refractivity contribution in [1.29, 1.82) is 0 Å². The second kappa shape index (κ2) is 7.59. The van der Waals surface area contributed by atoms with Crippen LogP contribution in [0, 0.1) is 5.92 Å². The number of methoxy groups -OCH3 is 2. The molecule has 0 fully saturated rings. The van der Waals surface area contributed by atoms with Gasteiger partial charge < -0.3 is 23.9 Å². The Morgan fingerprint density at radius 1 is 0.970 bits per heavy atom. The van der Waals surface area contributed by atoms with Gasteiger partial charge in [0.05, 0.1) is 26.9 Å². The fourth-order valence-electron chi connectivity index (χ4n) is 5.31. The number of para-hydroxylation sites is 1.